The SMILES string of the molecule is Nc1ccc(Nc2ccc(F)c(F)c2)c(C(F)(F)F)c1. The van der Waals surface area contributed by atoms with E-state index in [1.165, 1.54) is 6.07 Å². The van der Waals surface area contributed by atoms with Crippen molar-refractivity contribution in [2.24, 2.45) is 0 Å². The predicted molar refractivity (Wildman–Crippen MR) is 65.5 cm³/mol. The second-order valence-electron chi connectivity index (χ2n) is 4.06. The molecule has 0 aliphatic carbocycles. The van der Waals surface area contributed by atoms with E-state index >= 15 is 0 Å². The highest BCUT2D eigenvalue weighted by Gasteiger charge is 2.33. The van der Waals surface area contributed by atoms with Crippen LogP contribution in [0.25, 0.3) is 0 Å². The van der Waals surface area contributed by atoms with Gasteiger partial charge in [0.1, 0.15) is 0 Å². The van der Waals surface area contributed by atoms with Gasteiger partial charge in [-0.25, -0.2) is 8.78 Å². The number of hydrogen-bond acceptors (Lipinski definition) is 2. The van der Waals surface area contributed by atoms with E-state index in [0.717, 1.165) is 30.3 Å². The van der Waals surface area contributed by atoms with Crippen LogP contribution >= 0.6 is 0 Å². The maximum absolute atomic E-state index is 13.0. The first-order valence-corrected chi connectivity index (χ1v) is 5.46. The van der Waals surface area contributed by atoms with E-state index in [0.29, 0.717) is 0 Å². The van der Waals surface area contributed by atoms with Gasteiger partial charge < -0.3 is 11.1 Å². The molecule has 7 heteroatoms. The zero-order valence-electron chi connectivity index (χ0n) is 9.93. The maximum Gasteiger partial charge on any atom is 0.418 e. The highest BCUT2D eigenvalue weighted by Crippen LogP contribution is 2.37. The van der Waals surface area contributed by atoms with Crippen LogP contribution < -0.4 is 11.1 Å². The number of nitrogens with one attached hydrogen (secondary N) is 1. The smallest absolute Gasteiger partial charge is 0.399 e. The average Bonchev–Trinajstić information content (AvgIpc) is 2.35. The molecule has 2 aromatic carbocycles. The largest absolute Gasteiger partial charge is 0.418 e. The van der Waals surface area contributed by atoms with Crippen LogP contribution in [0.3, 0.4) is 0 Å². The fourth-order valence-electron chi connectivity index (χ4n) is 1.63. The van der Waals surface area contributed by atoms with E-state index in [2.05, 4.69) is 5.32 Å². The third-order valence-corrected chi connectivity index (χ3v) is 2.55. The first kappa shape index (κ1) is 14.1. The Morgan fingerprint density at radius 2 is 1.60 bits per heavy atom. The standard InChI is InChI=1S/C13H9F5N2/c14-10-3-2-8(6-11(10)15)20-12-4-1-7(19)5-9(12)13(16,17)18/h1-6,20H,19H2. The molecule has 0 saturated carbocycles. The van der Waals surface area contributed by atoms with E-state index in [-0.39, 0.29) is 17.1 Å². The molecule has 106 valence electrons. The van der Waals surface area contributed by atoms with Crippen molar-refractivity contribution in [3.8, 4) is 0 Å². The summed E-state index contributed by atoms with van der Waals surface area (Å²) in [6, 6.07) is 5.89. The van der Waals surface area contributed by atoms with Gasteiger partial charge >= 0.3 is 6.18 Å². The van der Waals surface area contributed by atoms with Gasteiger partial charge in [-0.3, -0.25) is 0 Å². The summed E-state index contributed by atoms with van der Waals surface area (Å²) in [7, 11) is 0. The highest BCUT2D eigenvalue weighted by molar-refractivity contribution is 5.66. The van der Waals surface area contributed by atoms with Crippen LogP contribution in [0.4, 0.5) is 39.0 Å². The first-order valence-electron chi connectivity index (χ1n) is 5.46. The molecular formula is C13H9F5N2. The summed E-state index contributed by atoms with van der Waals surface area (Å²) in [5.41, 5.74) is 4.00. The molecular weight excluding hydrogens is 279 g/mol. The molecule has 2 nitrogen and oxygen atoms in total. The van der Waals surface area contributed by atoms with Crippen LogP contribution in [-0.2, 0) is 6.18 Å². The molecule has 2 rings (SSSR count). The maximum atomic E-state index is 13.0. The topological polar surface area (TPSA) is 38.0 Å². The molecule has 0 fully saturated rings. The Bertz CT molecular complexity index is 637. The fourth-order valence-corrected chi connectivity index (χ4v) is 1.63. The van der Waals surface area contributed by atoms with Crippen molar-refractivity contribution < 1.29 is 22.0 Å². The minimum Gasteiger partial charge on any atom is -0.399 e. The van der Waals surface area contributed by atoms with E-state index in [1.807, 2.05) is 0 Å². The molecule has 0 aromatic heterocycles. The second-order valence-corrected chi connectivity index (χ2v) is 4.06. The van der Waals surface area contributed by atoms with Crippen LogP contribution in [0.5, 0.6) is 0 Å². The minimum atomic E-state index is -4.61. The zero-order chi connectivity index (χ0) is 14.9. The van der Waals surface area contributed by atoms with Gasteiger partial charge in [0.25, 0.3) is 0 Å². The van der Waals surface area contributed by atoms with E-state index in [4.69, 9.17) is 5.73 Å². The van der Waals surface area contributed by atoms with Gasteiger partial charge in [0.15, 0.2) is 11.6 Å². The summed E-state index contributed by atoms with van der Waals surface area (Å²) in [4.78, 5) is 0. The summed E-state index contributed by atoms with van der Waals surface area (Å²) < 4.78 is 64.3. The molecule has 3 N–H and O–H groups in total. The predicted octanol–water partition coefficient (Wildman–Crippen LogP) is 4.31. The van der Waals surface area contributed by atoms with Crippen LogP contribution in [0.1, 0.15) is 5.56 Å². The normalized spacial score (nSPS) is 11.4. The van der Waals surface area contributed by atoms with E-state index in [1.54, 1.807) is 0 Å². The number of rotatable bonds is 2. The molecule has 0 aliphatic heterocycles. The Morgan fingerprint density at radius 3 is 2.20 bits per heavy atom. The number of nitrogen functional groups attached to an aromatic ring is 1. The fraction of sp³-hybridized carbons (Fsp3) is 0.0769. The number of nitrogens with two attached hydrogens (primary N) is 1. The van der Waals surface area contributed by atoms with Crippen LogP contribution in [0, 0.1) is 11.6 Å². The van der Waals surface area contributed by atoms with Gasteiger partial charge in [0.05, 0.1) is 11.3 Å². The number of halogens is 5. The highest BCUT2D eigenvalue weighted by atomic mass is 19.4. The molecule has 0 saturated heterocycles. The van der Waals surface area contributed by atoms with E-state index < -0.39 is 23.4 Å². The molecule has 20 heavy (non-hydrogen) atoms. The molecule has 0 heterocycles. The van der Waals surface area contributed by atoms with Gasteiger partial charge in [-0.15, -0.1) is 0 Å². The minimum absolute atomic E-state index is 0.000767. The second kappa shape index (κ2) is 4.99. The third-order valence-electron chi connectivity index (χ3n) is 2.55. The van der Waals surface area contributed by atoms with Gasteiger partial charge in [-0.05, 0) is 30.3 Å². The Kier molecular flexibility index (Phi) is 3.52. The Balaban J connectivity index is 2.40. The summed E-state index contributed by atoms with van der Waals surface area (Å²) in [5.74, 6) is -2.23. The number of hydrogen-bond donors (Lipinski definition) is 2. The van der Waals surface area contributed by atoms with Crippen LogP contribution in [0.15, 0.2) is 36.4 Å². The van der Waals surface area contributed by atoms with Crippen molar-refractivity contribution in [3.05, 3.63) is 53.6 Å². The van der Waals surface area contributed by atoms with Gasteiger partial charge in [0.2, 0.25) is 0 Å². The monoisotopic (exact) mass is 288 g/mol. The first-order chi connectivity index (χ1) is 9.27. The summed E-state index contributed by atoms with van der Waals surface area (Å²) in [6.07, 6.45) is -4.61. The number of benzene rings is 2. The summed E-state index contributed by atoms with van der Waals surface area (Å²) in [6.45, 7) is 0. The average molecular weight is 288 g/mol. The molecule has 0 atom stereocenters. The molecule has 0 unspecified atom stereocenters. The van der Waals surface area contributed by atoms with E-state index in [9.17, 15) is 22.0 Å². The van der Waals surface area contributed by atoms with Gasteiger partial charge in [-0.1, -0.05) is 0 Å². The van der Waals surface area contributed by atoms with Crippen molar-refractivity contribution in [3.63, 3.8) is 0 Å². The van der Waals surface area contributed by atoms with Crippen molar-refractivity contribution in [1.29, 1.82) is 0 Å². The lowest BCUT2D eigenvalue weighted by atomic mass is 10.1. The lowest BCUT2D eigenvalue weighted by Gasteiger charge is -2.15. The Morgan fingerprint density at radius 1 is 0.900 bits per heavy atom. The van der Waals surface area contributed by atoms with Crippen molar-refractivity contribution in [2.75, 3.05) is 11.1 Å². The third kappa shape index (κ3) is 2.98. The van der Waals surface area contributed by atoms with Crippen molar-refractivity contribution in [1.82, 2.24) is 0 Å². The lowest BCUT2D eigenvalue weighted by Crippen LogP contribution is -2.09. The van der Waals surface area contributed by atoms with Crippen molar-refractivity contribution >= 4 is 17.1 Å². The molecule has 2 aromatic rings. The van der Waals surface area contributed by atoms with Gasteiger partial charge in [0, 0.05) is 17.4 Å². The molecule has 0 amide bonds. The van der Waals surface area contributed by atoms with Gasteiger partial charge in [-0.2, -0.15) is 13.2 Å². The molecule has 0 spiro atoms. The molecule has 0 radical (unpaired) electrons. The quantitative estimate of drug-likeness (QED) is 0.638. The number of anilines is 3. The number of alkyl halides is 3. The Hall–Kier alpha value is -2.31. The van der Waals surface area contributed by atoms with Crippen molar-refractivity contribution in [2.45, 2.75) is 6.18 Å². The molecule has 0 aliphatic rings. The lowest BCUT2D eigenvalue weighted by molar-refractivity contribution is -0.136. The van der Waals surface area contributed by atoms with Crippen LogP contribution in [0.2, 0.25) is 0 Å². The molecule has 0 bridgehead atoms. The zero-order valence-corrected chi connectivity index (χ0v) is 9.93. The Labute approximate surface area is 111 Å². The summed E-state index contributed by atoms with van der Waals surface area (Å²) in [5, 5.41) is 2.39. The summed E-state index contributed by atoms with van der Waals surface area (Å²) >= 11 is 0. The van der Waals surface area contributed by atoms with Crippen LogP contribution in [-0.4, -0.2) is 0 Å².